The number of anilines is 1. The zero-order valence-corrected chi connectivity index (χ0v) is 10.3. The molecule has 1 aliphatic heterocycles. The summed E-state index contributed by atoms with van der Waals surface area (Å²) in [5.74, 6) is 0. The lowest BCUT2D eigenvalue weighted by molar-refractivity contribution is -0.384. The lowest BCUT2D eigenvalue weighted by Crippen LogP contribution is -2.36. The predicted octanol–water partition coefficient (Wildman–Crippen LogP) is 2.46. The Kier molecular flexibility index (Phi) is 5.42. The third kappa shape index (κ3) is 3.71. The molecule has 1 heterocycles. The summed E-state index contributed by atoms with van der Waals surface area (Å²) in [7, 11) is 0. The quantitative estimate of drug-likeness (QED) is 0.586. The molecule has 0 bridgehead atoms. The van der Waals surface area contributed by atoms with Crippen LogP contribution in [0.1, 0.15) is 13.8 Å². The van der Waals surface area contributed by atoms with Gasteiger partial charge in [-0.3, -0.25) is 10.1 Å². The molecule has 0 unspecified atom stereocenters. The first kappa shape index (κ1) is 13.4. The molecule has 1 aromatic carbocycles. The highest BCUT2D eigenvalue weighted by Crippen LogP contribution is 2.19. The van der Waals surface area contributed by atoms with Crippen LogP contribution in [0.4, 0.5) is 11.4 Å². The third-order valence-electron chi connectivity index (χ3n) is 2.44. The molecule has 0 aliphatic carbocycles. The maximum atomic E-state index is 10.5. The zero-order valence-electron chi connectivity index (χ0n) is 10.3. The second-order valence-corrected chi connectivity index (χ2v) is 3.37. The highest BCUT2D eigenvalue weighted by molar-refractivity contribution is 5.51. The SMILES string of the molecule is CC.O=[N+]([O-])c1ccc(N2CCOCC2)cc1. The minimum absolute atomic E-state index is 0.131. The Morgan fingerprint density at radius 3 is 2.18 bits per heavy atom. The topological polar surface area (TPSA) is 55.6 Å². The van der Waals surface area contributed by atoms with Gasteiger partial charge in [-0.2, -0.15) is 0 Å². The van der Waals surface area contributed by atoms with E-state index >= 15 is 0 Å². The molecule has 5 nitrogen and oxygen atoms in total. The molecule has 1 aromatic rings. The standard InChI is InChI=1S/C10H12N2O3.C2H6/c13-12(14)10-3-1-9(2-4-10)11-5-7-15-8-6-11;1-2/h1-4H,5-8H2;1-2H3. The summed E-state index contributed by atoms with van der Waals surface area (Å²) in [5.41, 5.74) is 1.15. The van der Waals surface area contributed by atoms with Gasteiger partial charge in [0.05, 0.1) is 18.1 Å². The first-order valence-corrected chi connectivity index (χ1v) is 5.84. The second kappa shape index (κ2) is 6.85. The molecular weight excluding hydrogens is 220 g/mol. The van der Waals surface area contributed by atoms with Crippen LogP contribution in [0.25, 0.3) is 0 Å². The van der Waals surface area contributed by atoms with E-state index in [1.807, 2.05) is 13.8 Å². The third-order valence-corrected chi connectivity index (χ3v) is 2.44. The Morgan fingerprint density at radius 2 is 1.71 bits per heavy atom. The molecule has 0 radical (unpaired) electrons. The van der Waals surface area contributed by atoms with Crippen molar-refractivity contribution < 1.29 is 9.66 Å². The van der Waals surface area contributed by atoms with Crippen LogP contribution >= 0.6 is 0 Å². The molecule has 1 aliphatic rings. The number of non-ortho nitro benzene ring substituents is 1. The second-order valence-electron chi connectivity index (χ2n) is 3.37. The van der Waals surface area contributed by atoms with E-state index in [0.29, 0.717) is 0 Å². The fraction of sp³-hybridized carbons (Fsp3) is 0.500. The van der Waals surface area contributed by atoms with Crippen LogP contribution < -0.4 is 4.90 Å². The van der Waals surface area contributed by atoms with E-state index in [4.69, 9.17) is 4.74 Å². The van der Waals surface area contributed by atoms with Crippen molar-refractivity contribution >= 4 is 11.4 Å². The van der Waals surface area contributed by atoms with Crippen molar-refractivity contribution in [3.8, 4) is 0 Å². The van der Waals surface area contributed by atoms with Crippen LogP contribution in [0.15, 0.2) is 24.3 Å². The number of nitrogens with zero attached hydrogens (tertiary/aromatic N) is 2. The highest BCUT2D eigenvalue weighted by atomic mass is 16.6. The Morgan fingerprint density at radius 1 is 1.18 bits per heavy atom. The van der Waals surface area contributed by atoms with Gasteiger partial charge >= 0.3 is 0 Å². The van der Waals surface area contributed by atoms with Crippen molar-refractivity contribution in [1.82, 2.24) is 0 Å². The minimum atomic E-state index is -0.386. The molecule has 0 N–H and O–H groups in total. The predicted molar refractivity (Wildman–Crippen MR) is 67.5 cm³/mol. The molecule has 0 spiro atoms. The average molecular weight is 238 g/mol. The molecule has 0 aromatic heterocycles. The smallest absolute Gasteiger partial charge is 0.269 e. The fourth-order valence-electron chi connectivity index (χ4n) is 1.61. The number of nitro groups is 1. The summed E-state index contributed by atoms with van der Waals surface area (Å²) in [6.07, 6.45) is 0. The molecule has 1 saturated heterocycles. The van der Waals surface area contributed by atoms with Crippen LogP contribution in [0, 0.1) is 10.1 Å². The van der Waals surface area contributed by atoms with Gasteiger partial charge in [0.15, 0.2) is 0 Å². The van der Waals surface area contributed by atoms with Gasteiger partial charge in [0.2, 0.25) is 0 Å². The Hall–Kier alpha value is -1.62. The molecule has 94 valence electrons. The van der Waals surface area contributed by atoms with Crippen molar-refractivity contribution in [1.29, 1.82) is 0 Å². The summed E-state index contributed by atoms with van der Waals surface area (Å²) >= 11 is 0. The molecule has 0 atom stereocenters. The molecule has 1 fully saturated rings. The van der Waals surface area contributed by atoms with Crippen molar-refractivity contribution in [3.05, 3.63) is 34.4 Å². The largest absolute Gasteiger partial charge is 0.378 e. The van der Waals surface area contributed by atoms with E-state index in [-0.39, 0.29) is 10.6 Å². The summed E-state index contributed by atoms with van der Waals surface area (Å²) in [5, 5.41) is 10.5. The number of rotatable bonds is 2. The summed E-state index contributed by atoms with van der Waals surface area (Å²) in [6.45, 7) is 7.13. The highest BCUT2D eigenvalue weighted by Gasteiger charge is 2.12. The van der Waals surface area contributed by atoms with Gasteiger partial charge in [0.25, 0.3) is 5.69 Å². The molecular formula is C12H18N2O3. The maximum Gasteiger partial charge on any atom is 0.269 e. The normalized spacial score (nSPS) is 14.8. The molecule has 2 rings (SSSR count). The van der Waals surface area contributed by atoms with Crippen LogP contribution in [0.3, 0.4) is 0 Å². The van der Waals surface area contributed by atoms with Crippen molar-refractivity contribution in [3.63, 3.8) is 0 Å². The number of ether oxygens (including phenoxy) is 1. The van der Waals surface area contributed by atoms with E-state index in [9.17, 15) is 10.1 Å². The number of hydrogen-bond acceptors (Lipinski definition) is 4. The van der Waals surface area contributed by atoms with Crippen LogP contribution in [-0.4, -0.2) is 31.2 Å². The van der Waals surface area contributed by atoms with E-state index in [2.05, 4.69) is 4.90 Å². The van der Waals surface area contributed by atoms with Gasteiger partial charge in [0.1, 0.15) is 0 Å². The Labute approximate surface area is 101 Å². The molecule has 0 saturated carbocycles. The van der Waals surface area contributed by atoms with Crippen LogP contribution in [0.5, 0.6) is 0 Å². The van der Waals surface area contributed by atoms with Crippen molar-refractivity contribution in [2.24, 2.45) is 0 Å². The molecule has 5 heteroatoms. The fourth-order valence-corrected chi connectivity index (χ4v) is 1.61. The average Bonchev–Trinajstić information content (AvgIpc) is 2.42. The number of nitro benzene ring substituents is 1. The lowest BCUT2D eigenvalue weighted by atomic mass is 10.2. The molecule has 0 amide bonds. The summed E-state index contributed by atoms with van der Waals surface area (Å²) in [4.78, 5) is 12.2. The van der Waals surface area contributed by atoms with E-state index in [0.717, 1.165) is 32.0 Å². The zero-order chi connectivity index (χ0) is 12.7. The monoisotopic (exact) mass is 238 g/mol. The van der Waals surface area contributed by atoms with E-state index in [1.165, 1.54) is 12.1 Å². The molecule has 17 heavy (non-hydrogen) atoms. The van der Waals surface area contributed by atoms with Crippen molar-refractivity contribution in [2.45, 2.75) is 13.8 Å². The van der Waals surface area contributed by atoms with Gasteiger partial charge in [-0.05, 0) is 12.1 Å². The van der Waals surface area contributed by atoms with Crippen LogP contribution in [-0.2, 0) is 4.74 Å². The van der Waals surface area contributed by atoms with Gasteiger partial charge in [-0.25, -0.2) is 0 Å². The van der Waals surface area contributed by atoms with E-state index in [1.54, 1.807) is 12.1 Å². The van der Waals surface area contributed by atoms with Gasteiger partial charge in [-0.1, -0.05) is 13.8 Å². The van der Waals surface area contributed by atoms with Crippen molar-refractivity contribution in [2.75, 3.05) is 31.2 Å². The summed E-state index contributed by atoms with van der Waals surface area (Å²) < 4.78 is 5.23. The van der Waals surface area contributed by atoms with Crippen LogP contribution in [0.2, 0.25) is 0 Å². The first-order chi connectivity index (χ1) is 8.27. The Bertz CT molecular complexity index is 345. The number of morpholine rings is 1. The summed E-state index contributed by atoms with van der Waals surface area (Å²) in [6, 6.07) is 6.63. The minimum Gasteiger partial charge on any atom is -0.378 e. The lowest BCUT2D eigenvalue weighted by Gasteiger charge is -2.28. The Balaban J connectivity index is 0.000000686. The maximum absolute atomic E-state index is 10.5. The van der Waals surface area contributed by atoms with Gasteiger partial charge < -0.3 is 9.64 Å². The number of benzene rings is 1. The van der Waals surface area contributed by atoms with Gasteiger partial charge in [0, 0.05) is 30.9 Å². The first-order valence-electron chi connectivity index (χ1n) is 5.84. The van der Waals surface area contributed by atoms with E-state index < -0.39 is 0 Å². The van der Waals surface area contributed by atoms with Gasteiger partial charge in [-0.15, -0.1) is 0 Å². The number of hydrogen-bond donors (Lipinski definition) is 0.